The van der Waals surface area contributed by atoms with Crippen molar-refractivity contribution in [3.63, 3.8) is 0 Å². The van der Waals surface area contributed by atoms with Gasteiger partial charge in [-0.25, -0.2) is 4.79 Å². The van der Waals surface area contributed by atoms with E-state index in [-0.39, 0.29) is 36.8 Å². The first-order valence-corrected chi connectivity index (χ1v) is 13.2. The Balaban J connectivity index is 1.18. The number of amides is 2. The van der Waals surface area contributed by atoms with E-state index in [0.717, 1.165) is 31.2 Å². The van der Waals surface area contributed by atoms with Crippen molar-refractivity contribution in [2.75, 3.05) is 20.2 Å². The third-order valence-electron chi connectivity index (χ3n) is 8.92. The first-order valence-electron chi connectivity index (χ1n) is 13.2. The monoisotopic (exact) mass is 482 g/mol. The van der Waals surface area contributed by atoms with Crippen molar-refractivity contribution in [3.05, 3.63) is 35.4 Å². The molecule has 6 rings (SSSR count). The highest BCUT2D eigenvalue weighted by molar-refractivity contribution is 5.90. The number of aryl methyl sites for hydroxylation is 1. The minimum absolute atomic E-state index is 0.0223. The van der Waals surface area contributed by atoms with E-state index in [9.17, 15) is 19.5 Å². The van der Waals surface area contributed by atoms with Crippen LogP contribution in [0.1, 0.15) is 63.0 Å². The molecule has 2 amide bonds. The number of aliphatic hydroxyl groups excluding tert-OH is 1. The van der Waals surface area contributed by atoms with Gasteiger partial charge in [-0.15, -0.1) is 0 Å². The molecule has 5 aliphatic rings. The topological polar surface area (TPSA) is 87.2 Å². The Hall–Kier alpha value is -2.41. The van der Waals surface area contributed by atoms with Gasteiger partial charge in [0, 0.05) is 26.6 Å². The molecule has 1 saturated heterocycles. The molecule has 1 aliphatic heterocycles. The highest BCUT2D eigenvalue weighted by Crippen LogP contribution is 2.60. The molecule has 0 spiro atoms. The summed E-state index contributed by atoms with van der Waals surface area (Å²) in [5.41, 5.74) is 1.87. The number of hydrogen-bond donors (Lipinski definition) is 1. The number of nitrogens with zero attached hydrogens (tertiary/aromatic N) is 2. The van der Waals surface area contributed by atoms with Crippen molar-refractivity contribution in [3.8, 4) is 0 Å². The van der Waals surface area contributed by atoms with Crippen LogP contribution in [0, 0.1) is 23.2 Å². The Morgan fingerprint density at radius 1 is 1.00 bits per heavy atom. The molecule has 1 N–H and O–H groups in total. The Morgan fingerprint density at radius 2 is 1.57 bits per heavy atom. The lowest BCUT2D eigenvalue weighted by Crippen LogP contribution is -2.56. The molecule has 35 heavy (non-hydrogen) atoms. The standard InChI is InChI=1S/C28H38N2O5/c1-3-18-4-6-19(7-5-18)15-29(2)25(32)17-35-26(33)24-11-23(31)16-30(24)27(34)28-12-20-8-21(13-28)10-22(9-20)14-28/h4-7,20-24,31H,3,8-17H2,1-2H3/t20?,21?,22?,23?,24-,28?/m0/s1. The van der Waals surface area contributed by atoms with Crippen LogP contribution in [0.2, 0.25) is 0 Å². The summed E-state index contributed by atoms with van der Waals surface area (Å²) in [6.07, 6.45) is 6.83. The van der Waals surface area contributed by atoms with Crippen LogP contribution in [0.4, 0.5) is 0 Å². The SMILES string of the molecule is CCc1ccc(CN(C)C(=O)COC(=O)[C@@H]2CC(O)CN2C(=O)C23CC4CC(CC(C4)C2)C3)cc1. The number of carbonyl (C=O) groups is 3. The molecule has 7 nitrogen and oxygen atoms in total. The summed E-state index contributed by atoms with van der Waals surface area (Å²) in [6, 6.07) is 7.29. The number of hydrogen-bond acceptors (Lipinski definition) is 5. The fourth-order valence-corrected chi connectivity index (χ4v) is 7.52. The number of aliphatic hydroxyl groups is 1. The van der Waals surface area contributed by atoms with E-state index in [1.54, 1.807) is 11.9 Å². The molecule has 4 aliphatic carbocycles. The zero-order valence-electron chi connectivity index (χ0n) is 20.9. The third-order valence-corrected chi connectivity index (χ3v) is 8.92. The van der Waals surface area contributed by atoms with Crippen LogP contribution in [-0.4, -0.2) is 65.0 Å². The maximum atomic E-state index is 13.8. The van der Waals surface area contributed by atoms with Crippen LogP contribution in [0.5, 0.6) is 0 Å². The smallest absolute Gasteiger partial charge is 0.329 e. The van der Waals surface area contributed by atoms with Crippen molar-refractivity contribution in [1.82, 2.24) is 9.80 Å². The van der Waals surface area contributed by atoms with Crippen LogP contribution < -0.4 is 0 Å². The van der Waals surface area contributed by atoms with Crippen molar-refractivity contribution < 1.29 is 24.2 Å². The summed E-state index contributed by atoms with van der Waals surface area (Å²) >= 11 is 0. The van der Waals surface area contributed by atoms with E-state index in [0.29, 0.717) is 24.3 Å². The molecule has 190 valence electrons. The first kappa shape index (κ1) is 24.3. The van der Waals surface area contributed by atoms with E-state index < -0.39 is 18.1 Å². The highest BCUT2D eigenvalue weighted by Gasteiger charge is 2.57. The van der Waals surface area contributed by atoms with Crippen molar-refractivity contribution in [2.45, 2.75) is 77.0 Å². The maximum absolute atomic E-state index is 13.8. The Kier molecular flexibility index (Phi) is 6.64. The predicted octanol–water partition coefficient (Wildman–Crippen LogP) is 2.93. The minimum atomic E-state index is -0.815. The fourth-order valence-electron chi connectivity index (χ4n) is 7.52. The molecule has 1 heterocycles. The lowest BCUT2D eigenvalue weighted by molar-refractivity contribution is -0.166. The second-order valence-electron chi connectivity index (χ2n) is 11.6. The molecule has 7 heteroatoms. The van der Waals surface area contributed by atoms with Gasteiger partial charge in [0.15, 0.2) is 6.61 Å². The number of likely N-dealkylation sites (N-methyl/N-ethyl adjacent to an activating group) is 1. The van der Waals surface area contributed by atoms with E-state index in [4.69, 9.17) is 4.74 Å². The number of rotatable bonds is 7. The van der Waals surface area contributed by atoms with Crippen molar-refractivity contribution in [1.29, 1.82) is 0 Å². The Bertz CT molecular complexity index is 939. The molecule has 5 fully saturated rings. The molecule has 0 aromatic heterocycles. The van der Waals surface area contributed by atoms with Gasteiger partial charge < -0.3 is 19.6 Å². The number of likely N-dealkylation sites (tertiary alicyclic amines) is 1. The van der Waals surface area contributed by atoms with E-state index >= 15 is 0 Å². The van der Waals surface area contributed by atoms with Gasteiger partial charge >= 0.3 is 5.97 Å². The molecular weight excluding hydrogens is 444 g/mol. The van der Waals surface area contributed by atoms with Crippen LogP contribution in [0.3, 0.4) is 0 Å². The van der Waals surface area contributed by atoms with Crippen LogP contribution >= 0.6 is 0 Å². The number of benzene rings is 1. The second kappa shape index (κ2) is 9.57. The zero-order valence-corrected chi connectivity index (χ0v) is 20.9. The number of esters is 1. The summed E-state index contributed by atoms with van der Waals surface area (Å²) in [4.78, 5) is 42.5. The van der Waals surface area contributed by atoms with Gasteiger partial charge in [-0.05, 0) is 73.8 Å². The summed E-state index contributed by atoms with van der Waals surface area (Å²) < 4.78 is 5.40. The molecular formula is C28H38N2O5. The average molecular weight is 483 g/mol. The first-order chi connectivity index (χ1) is 16.8. The second-order valence-corrected chi connectivity index (χ2v) is 11.6. The van der Waals surface area contributed by atoms with Gasteiger partial charge in [-0.2, -0.15) is 0 Å². The summed E-state index contributed by atoms with van der Waals surface area (Å²) in [5, 5.41) is 10.3. The minimum Gasteiger partial charge on any atom is -0.454 e. The summed E-state index contributed by atoms with van der Waals surface area (Å²) in [6.45, 7) is 2.33. The predicted molar refractivity (Wildman–Crippen MR) is 130 cm³/mol. The normalized spacial score (nSPS) is 33.1. The maximum Gasteiger partial charge on any atom is 0.329 e. The van der Waals surface area contributed by atoms with Gasteiger partial charge in [-0.1, -0.05) is 31.2 Å². The van der Waals surface area contributed by atoms with Crippen molar-refractivity contribution >= 4 is 17.8 Å². The molecule has 1 unspecified atom stereocenters. The van der Waals surface area contributed by atoms with E-state index in [2.05, 4.69) is 19.1 Å². The highest BCUT2D eigenvalue weighted by atomic mass is 16.5. The molecule has 4 saturated carbocycles. The molecule has 4 bridgehead atoms. The van der Waals surface area contributed by atoms with Crippen LogP contribution in [-0.2, 0) is 32.1 Å². The van der Waals surface area contributed by atoms with Crippen molar-refractivity contribution in [2.24, 2.45) is 23.2 Å². The van der Waals surface area contributed by atoms with Gasteiger partial charge in [0.2, 0.25) is 5.91 Å². The van der Waals surface area contributed by atoms with Gasteiger partial charge in [0.1, 0.15) is 6.04 Å². The van der Waals surface area contributed by atoms with E-state index in [1.807, 2.05) is 12.1 Å². The number of carbonyl (C=O) groups excluding carboxylic acids is 3. The molecule has 0 radical (unpaired) electrons. The third kappa shape index (κ3) is 4.84. The lowest BCUT2D eigenvalue weighted by atomic mass is 9.49. The van der Waals surface area contributed by atoms with Crippen LogP contribution in [0.15, 0.2) is 24.3 Å². The molecule has 1 aromatic rings. The summed E-state index contributed by atoms with van der Waals surface area (Å²) in [7, 11) is 1.69. The molecule has 1 aromatic carbocycles. The summed E-state index contributed by atoms with van der Waals surface area (Å²) in [5.74, 6) is 0.997. The Labute approximate surface area is 207 Å². The quantitative estimate of drug-likeness (QED) is 0.604. The molecule has 2 atom stereocenters. The number of ether oxygens (including phenoxy) is 1. The van der Waals surface area contributed by atoms with Gasteiger partial charge in [0.25, 0.3) is 5.91 Å². The largest absolute Gasteiger partial charge is 0.454 e. The van der Waals surface area contributed by atoms with Gasteiger partial charge in [-0.3, -0.25) is 9.59 Å². The average Bonchev–Trinajstić information content (AvgIpc) is 3.23. The van der Waals surface area contributed by atoms with E-state index in [1.165, 1.54) is 29.7 Å². The Morgan fingerprint density at radius 3 is 2.14 bits per heavy atom. The fraction of sp³-hybridized carbons (Fsp3) is 0.679. The van der Waals surface area contributed by atoms with Gasteiger partial charge in [0.05, 0.1) is 11.5 Å². The lowest BCUT2D eigenvalue weighted by Gasteiger charge is -2.56. The number of β-amino-alcohol motifs (C(OH)–C–C–N with tert-alkyl or cyclic N) is 1. The van der Waals surface area contributed by atoms with Crippen LogP contribution in [0.25, 0.3) is 0 Å². The zero-order chi connectivity index (χ0) is 24.7.